The lowest BCUT2D eigenvalue weighted by atomic mass is 10.1. The first-order valence-corrected chi connectivity index (χ1v) is 8.59. The number of amides is 2. The molecule has 0 radical (unpaired) electrons. The summed E-state index contributed by atoms with van der Waals surface area (Å²) in [4.78, 5) is 26.2. The van der Waals surface area contributed by atoms with Crippen molar-refractivity contribution in [3.63, 3.8) is 0 Å². The fourth-order valence-corrected chi connectivity index (χ4v) is 2.73. The minimum Gasteiger partial charge on any atom is -0.385 e. The molecule has 0 atom stereocenters. The summed E-state index contributed by atoms with van der Waals surface area (Å²) >= 11 is 0. The van der Waals surface area contributed by atoms with E-state index in [1.54, 1.807) is 7.11 Å². The fraction of sp³-hybridized carbons (Fsp3) is 0.556. The van der Waals surface area contributed by atoms with Crippen molar-refractivity contribution in [3.05, 3.63) is 29.8 Å². The number of hydrogen-bond acceptors (Lipinski definition) is 4. The summed E-state index contributed by atoms with van der Waals surface area (Å²) < 4.78 is 4.94. The summed E-state index contributed by atoms with van der Waals surface area (Å²) in [7, 11) is 1.64. The Morgan fingerprint density at radius 3 is 2.75 bits per heavy atom. The number of piperidine rings is 1. The number of benzene rings is 1. The normalized spacial score (nSPS) is 14.3. The third-order valence-corrected chi connectivity index (χ3v) is 4.05. The number of likely N-dealkylation sites (tertiary alicyclic amines) is 1. The molecule has 0 unspecified atom stereocenters. The largest absolute Gasteiger partial charge is 0.385 e. The molecule has 0 aliphatic carbocycles. The molecule has 2 rings (SSSR count). The quantitative estimate of drug-likeness (QED) is 0.713. The van der Waals surface area contributed by atoms with Gasteiger partial charge < -0.3 is 20.3 Å². The summed E-state index contributed by atoms with van der Waals surface area (Å²) in [6, 6.07) is 7.35. The predicted molar refractivity (Wildman–Crippen MR) is 94.2 cm³/mol. The molecule has 2 N–H and O–H groups in total. The first-order chi connectivity index (χ1) is 11.7. The van der Waals surface area contributed by atoms with Crippen LogP contribution in [0.3, 0.4) is 0 Å². The van der Waals surface area contributed by atoms with Crippen molar-refractivity contribution in [2.45, 2.75) is 25.7 Å². The van der Waals surface area contributed by atoms with Crippen molar-refractivity contribution in [1.82, 2.24) is 10.2 Å². The zero-order valence-corrected chi connectivity index (χ0v) is 14.3. The number of rotatable bonds is 8. The van der Waals surface area contributed by atoms with Gasteiger partial charge in [0.25, 0.3) is 5.91 Å². The minimum atomic E-state index is -0.0705. The van der Waals surface area contributed by atoms with Gasteiger partial charge in [0.1, 0.15) is 0 Å². The monoisotopic (exact) mass is 333 g/mol. The summed E-state index contributed by atoms with van der Waals surface area (Å²) in [6.45, 7) is 3.09. The molecule has 2 amide bonds. The number of hydrogen-bond donors (Lipinski definition) is 2. The van der Waals surface area contributed by atoms with Crippen molar-refractivity contribution >= 4 is 17.5 Å². The second kappa shape index (κ2) is 9.93. The van der Waals surface area contributed by atoms with Crippen LogP contribution in [0.4, 0.5) is 5.69 Å². The van der Waals surface area contributed by atoms with Gasteiger partial charge in [-0.1, -0.05) is 6.07 Å². The molecule has 1 fully saturated rings. The van der Waals surface area contributed by atoms with Gasteiger partial charge in [0.2, 0.25) is 5.91 Å². The van der Waals surface area contributed by atoms with Crippen LogP contribution < -0.4 is 10.6 Å². The van der Waals surface area contributed by atoms with Crippen LogP contribution in [-0.4, -0.2) is 56.6 Å². The van der Waals surface area contributed by atoms with Gasteiger partial charge in [-0.2, -0.15) is 0 Å². The molecule has 132 valence electrons. The van der Waals surface area contributed by atoms with Gasteiger partial charge in [-0.05, 0) is 43.9 Å². The fourth-order valence-electron chi connectivity index (χ4n) is 2.73. The van der Waals surface area contributed by atoms with E-state index < -0.39 is 0 Å². The summed E-state index contributed by atoms with van der Waals surface area (Å²) in [6.07, 6.45) is 4.15. The topological polar surface area (TPSA) is 70.7 Å². The Labute approximate surface area is 143 Å². The van der Waals surface area contributed by atoms with Gasteiger partial charge >= 0.3 is 0 Å². The van der Waals surface area contributed by atoms with E-state index in [1.165, 1.54) is 6.42 Å². The molecule has 0 spiro atoms. The standard InChI is InChI=1S/C18H27N3O3/c1-24-12-6-9-19-17(22)14-20-16-8-5-7-15(13-16)18(23)21-10-3-2-4-11-21/h5,7-8,13,20H,2-4,6,9-12,14H2,1H3,(H,19,22). The summed E-state index contributed by atoms with van der Waals surface area (Å²) in [5.74, 6) is 0.00114. The molecule has 1 aromatic rings. The molecule has 0 aromatic heterocycles. The van der Waals surface area contributed by atoms with Gasteiger partial charge in [-0.15, -0.1) is 0 Å². The molecule has 1 aliphatic heterocycles. The van der Waals surface area contributed by atoms with Crippen LogP contribution in [0.25, 0.3) is 0 Å². The first-order valence-electron chi connectivity index (χ1n) is 8.59. The van der Waals surface area contributed by atoms with Crippen LogP contribution >= 0.6 is 0 Å². The van der Waals surface area contributed by atoms with Gasteiger partial charge in [0.15, 0.2) is 0 Å². The third-order valence-electron chi connectivity index (χ3n) is 4.05. The maximum Gasteiger partial charge on any atom is 0.253 e. The predicted octanol–water partition coefficient (Wildman–Crippen LogP) is 1.88. The zero-order valence-electron chi connectivity index (χ0n) is 14.3. The lowest BCUT2D eigenvalue weighted by molar-refractivity contribution is -0.119. The van der Waals surface area contributed by atoms with E-state index in [1.807, 2.05) is 29.2 Å². The molecule has 1 heterocycles. The lowest BCUT2D eigenvalue weighted by Crippen LogP contribution is -2.35. The summed E-state index contributed by atoms with van der Waals surface area (Å²) in [5, 5.41) is 5.89. The Bertz CT molecular complexity index is 542. The molecule has 1 aromatic carbocycles. The second-order valence-corrected chi connectivity index (χ2v) is 5.98. The van der Waals surface area contributed by atoms with Crippen LogP contribution in [0.5, 0.6) is 0 Å². The van der Waals surface area contributed by atoms with Crippen LogP contribution in [0.1, 0.15) is 36.0 Å². The zero-order chi connectivity index (χ0) is 17.2. The Kier molecular flexibility index (Phi) is 7.55. The second-order valence-electron chi connectivity index (χ2n) is 5.98. The molecule has 24 heavy (non-hydrogen) atoms. The Morgan fingerprint density at radius 2 is 2.00 bits per heavy atom. The molecular weight excluding hydrogens is 306 g/mol. The number of methoxy groups -OCH3 is 1. The van der Waals surface area contributed by atoms with E-state index in [0.717, 1.165) is 38.0 Å². The minimum absolute atomic E-state index is 0.0705. The number of carbonyl (C=O) groups is 2. The van der Waals surface area contributed by atoms with Crippen molar-refractivity contribution in [1.29, 1.82) is 0 Å². The van der Waals surface area contributed by atoms with Gasteiger partial charge in [0.05, 0.1) is 6.54 Å². The molecule has 1 saturated heterocycles. The molecule has 6 heteroatoms. The lowest BCUT2D eigenvalue weighted by Gasteiger charge is -2.26. The third kappa shape index (κ3) is 5.85. The number of ether oxygens (including phenoxy) is 1. The molecule has 1 aliphatic rings. The highest BCUT2D eigenvalue weighted by atomic mass is 16.5. The van der Waals surface area contributed by atoms with Crippen molar-refractivity contribution < 1.29 is 14.3 Å². The van der Waals surface area contributed by atoms with Crippen molar-refractivity contribution in [2.24, 2.45) is 0 Å². The molecular formula is C18H27N3O3. The van der Waals surface area contributed by atoms with Gasteiger partial charge in [-0.3, -0.25) is 9.59 Å². The van der Waals surface area contributed by atoms with Crippen LogP contribution in [0.15, 0.2) is 24.3 Å². The Morgan fingerprint density at radius 1 is 1.21 bits per heavy atom. The average Bonchev–Trinajstić information content (AvgIpc) is 2.64. The maximum atomic E-state index is 12.5. The Balaban J connectivity index is 1.81. The van der Waals surface area contributed by atoms with Crippen LogP contribution in [0, 0.1) is 0 Å². The number of anilines is 1. The van der Waals surface area contributed by atoms with Gasteiger partial charge in [-0.25, -0.2) is 0 Å². The number of carbonyl (C=O) groups excluding carboxylic acids is 2. The van der Waals surface area contributed by atoms with E-state index in [2.05, 4.69) is 10.6 Å². The van der Waals surface area contributed by atoms with E-state index in [0.29, 0.717) is 18.7 Å². The van der Waals surface area contributed by atoms with Crippen LogP contribution in [0.2, 0.25) is 0 Å². The van der Waals surface area contributed by atoms with Crippen LogP contribution in [-0.2, 0) is 9.53 Å². The maximum absolute atomic E-state index is 12.5. The van der Waals surface area contributed by atoms with Crippen molar-refractivity contribution in [2.75, 3.05) is 45.2 Å². The van der Waals surface area contributed by atoms with E-state index >= 15 is 0 Å². The SMILES string of the molecule is COCCCNC(=O)CNc1cccc(C(=O)N2CCCCC2)c1. The highest BCUT2D eigenvalue weighted by molar-refractivity contribution is 5.95. The van der Waals surface area contributed by atoms with Gasteiger partial charge in [0, 0.05) is 44.6 Å². The van der Waals surface area contributed by atoms with Crippen molar-refractivity contribution in [3.8, 4) is 0 Å². The smallest absolute Gasteiger partial charge is 0.253 e. The van der Waals surface area contributed by atoms with E-state index in [4.69, 9.17) is 4.74 Å². The van der Waals surface area contributed by atoms with E-state index in [9.17, 15) is 9.59 Å². The Hall–Kier alpha value is -2.08. The summed E-state index contributed by atoms with van der Waals surface area (Å²) in [5.41, 5.74) is 1.45. The number of nitrogens with one attached hydrogen (secondary N) is 2. The number of nitrogens with zero attached hydrogens (tertiary/aromatic N) is 1. The molecule has 0 saturated carbocycles. The van der Waals surface area contributed by atoms with E-state index in [-0.39, 0.29) is 18.4 Å². The molecule has 0 bridgehead atoms. The highest BCUT2D eigenvalue weighted by Gasteiger charge is 2.18. The highest BCUT2D eigenvalue weighted by Crippen LogP contribution is 2.16. The average molecular weight is 333 g/mol. The molecule has 6 nitrogen and oxygen atoms in total. The first kappa shape index (κ1) is 18.3.